The molecular weight excluding hydrogens is 404 g/mol. The molecule has 32 heavy (non-hydrogen) atoms. The van der Waals surface area contributed by atoms with Crippen LogP contribution in [0.25, 0.3) is 11.1 Å². The van der Waals surface area contributed by atoms with Crippen molar-refractivity contribution in [1.29, 1.82) is 0 Å². The molecule has 0 spiro atoms. The summed E-state index contributed by atoms with van der Waals surface area (Å²) in [5.41, 5.74) is 2.65. The quantitative estimate of drug-likeness (QED) is 0.590. The first kappa shape index (κ1) is 23.5. The van der Waals surface area contributed by atoms with Crippen LogP contribution in [0.1, 0.15) is 30.1 Å². The lowest BCUT2D eigenvalue weighted by Crippen LogP contribution is -2.53. The molecule has 3 amide bonds. The van der Waals surface area contributed by atoms with Crippen molar-refractivity contribution in [3.8, 4) is 11.1 Å². The number of hydrogen-bond donors (Lipinski definition) is 2. The number of nitrogens with one attached hydrogen (secondary N) is 2. The van der Waals surface area contributed by atoms with E-state index in [1.807, 2.05) is 42.5 Å². The Hall–Kier alpha value is -3.19. The third-order valence-corrected chi connectivity index (χ3v) is 5.60. The zero-order chi connectivity index (χ0) is 22.8. The summed E-state index contributed by atoms with van der Waals surface area (Å²) in [7, 11) is 0. The molecule has 1 fully saturated rings. The number of benzene rings is 2. The van der Waals surface area contributed by atoms with Gasteiger partial charge in [0, 0.05) is 38.3 Å². The van der Waals surface area contributed by atoms with Crippen LogP contribution in [-0.4, -0.2) is 73.3 Å². The SMILES string of the molecule is CCCCNC(=O)CN1CCN(C(=O)CNC(=O)c2ccc(-c3ccccc3)cc2)CC1. The van der Waals surface area contributed by atoms with Crippen molar-refractivity contribution in [2.75, 3.05) is 45.8 Å². The van der Waals surface area contributed by atoms with E-state index in [-0.39, 0.29) is 24.3 Å². The number of piperazine rings is 1. The summed E-state index contributed by atoms with van der Waals surface area (Å²) in [6.07, 6.45) is 2.04. The lowest BCUT2D eigenvalue weighted by Gasteiger charge is -2.34. The minimum atomic E-state index is -0.264. The van der Waals surface area contributed by atoms with E-state index in [2.05, 4.69) is 22.5 Å². The van der Waals surface area contributed by atoms with Crippen LogP contribution in [0.5, 0.6) is 0 Å². The van der Waals surface area contributed by atoms with Crippen LogP contribution < -0.4 is 10.6 Å². The van der Waals surface area contributed by atoms with E-state index in [1.165, 1.54) is 0 Å². The lowest BCUT2D eigenvalue weighted by atomic mass is 10.0. The summed E-state index contributed by atoms with van der Waals surface area (Å²) < 4.78 is 0. The van der Waals surface area contributed by atoms with Crippen molar-refractivity contribution in [2.45, 2.75) is 19.8 Å². The zero-order valence-corrected chi connectivity index (χ0v) is 18.7. The van der Waals surface area contributed by atoms with Gasteiger partial charge in [0.15, 0.2) is 0 Å². The molecule has 1 aliphatic rings. The van der Waals surface area contributed by atoms with Gasteiger partial charge in [-0.1, -0.05) is 55.8 Å². The Morgan fingerprint density at radius 2 is 1.50 bits per heavy atom. The molecule has 0 saturated carbocycles. The maximum atomic E-state index is 12.5. The van der Waals surface area contributed by atoms with Gasteiger partial charge in [-0.15, -0.1) is 0 Å². The molecule has 1 heterocycles. The number of rotatable bonds is 9. The second-order valence-corrected chi connectivity index (χ2v) is 7.99. The van der Waals surface area contributed by atoms with Gasteiger partial charge in [0.25, 0.3) is 5.91 Å². The Labute approximate surface area is 189 Å². The van der Waals surface area contributed by atoms with Crippen LogP contribution in [0.4, 0.5) is 0 Å². The average molecular weight is 437 g/mol. The zero-order valence-electron chi connectivity index (χ0n) is 18.7. The number of nitrogens with zero attached hydrogens (tertiary/aromatic N) is 2. The molecule has 0 aromatic heterocycles. The van der Waals surface area contributed by atoms with E-state index >= 15 is 0 Å². The van der Waals surface area contributed by atoms with Crippen LogP contribution in [0.2, 0.25) is 0 Å². The summed E-state index contributed by atoms with van der Waals surface area (Å²) in [5.74, 6) is -0.338. The fraction of sp³-hybridized carbons (Fsp3) is 0.400. The highest BCUT2D eigenvalue weighted by Crippen LogP contribution is 2.19. The standard InChI is InChI=1S/C25H32N4O3/c1-2-3-13-26-23(30)19-28-14-16-29(17-15-28)24(31)18-27-25(32)22-11-9-21(10-12-22)20-7-5-4-6-8-20/h4-12H,2-3,13-19H2,1H3,(H,26,30)(H,27,32). The van der Waals surface area contributed by atoms with E-state index in [0.717, 1.165) is 24.0 Å². The first-order valence-corrected chi connectivity index (χ1v) is 11.3. The van der Waals surface area contributed by atoms with E-state index in [4.69, 9.17) is 0 Å². The molecule has 1 aliphatic heterocycles. The average Bonchev–Trinajstić information content (AvgIpc) is 2.83. The van der Waals surface area contributed by atoms with Crippen LogP contribution in [0, 0.1) is 0 Å². The predicted molar refractivity (Wildman–Crippen MR) is 125 cm³/mol. The van der Waals surface area contributed by atoms with Crippen molar-refractivity contribution >= 4 is 17.7 Å². The second kappa shape index (κ2) is 12.0. The van der Waals surface area contributed by atoms with Crippen molar-refractivity contribution in [1.82, 2.24) is 20.4 Å². The summed E-state index contributed by atoms with van der Waals surface area (Å²) in [6.45, 7) is 5.56. The summed E-state index contributed by atoms with van der Waals surface area (Å²) in [6, 6.07) is 17.3. The van der Waals surface area contributed by atoms with Crippen molar-refractivity contribution in [3.05, 3.63) is 60.2 Å². The van der Waals surface area contributed by atoms with Crippen LogP contribution in [-0.2, 0) is 9.59 Å². The third kappa shape index (κ3) is 6.92. The van der Waals surface area contributed by atoms with Crippen LogP contribution in [0.15, 0.2) is 54.6 Å². The normalized spacial score (nSPS) is 14.1. The van der Waals surface area contributed by atoms with Gasteiger partial charge in [-0.2, -0.15) is 0 Å². The molecule has 2 aromatic rings. The van der Waals surface area contributed by atoms with Crippen LogP contribution >= 0.6 is 0 Å². The maximum absolute atomic E-state index is 12.5. The van der Waals surface area contributed by atoms with Gasteiger partial charge in [-0.05, 0) is 29.7 Å². The molecular formula is C25H32N4O3. The number of carbonyl (C=O) groups is 3. The minimum Gasteiger partial charge on any atom is -0.355 e. The Kier molecular flexibility index (Phi) is 8.80. The van der Waals surface area contributed by atoms with Gasteiger partial charge < -0.3 is 15.5 Å². The monoisotopic (exact) mass is 436 g/mol. The van der Waals surface area contributed by atoms with Gasteiger partial charge >= 0.3 is 0 Å². The predicted octanol–water partition coefficient (Wildman–Crippen LogP) is 2.14. The molecule has 0 radical (unpaired) electrons. The molecule has 170 valence electrons. The Morgan fingerprint density at radius 3 is 2.16 bits per heavy atom. The van der Waals surface area contributed by atoms with E-state index in [9.17, 15) is 14.4 Å². The van der Waals surface area contributed by atoms with E-state index in [1.54, 1.807) is 17.0 Å². The van der Waals surface area contributed by atoms with Gasteiger partial charge in [-0.3, -0.25) is 19.3 Å². The number of unbranched alkanes of at least 4 members (excludes halogenated alkanes) is 1. The second-order valence-electron chi connectivity index (χ2n) is 7.99. The molecule has 0 bridgehead atoms. The number of amides is 3. The number of hydrogen-bond acceptors (Lipinski definition) is 4. The smallest absolute Gasteiger partial charge is 0.251 e. The molecule has 1 saturated heterocycles. The van der Waals surface area contributed by atoms with E-state index in [0.29, 0.717) is 44.8 Å². The minimum absolute atomic E-state index is 0.0310. The van der Waals surface area contributed by atoms with Gasteiger partial charge in [0.1, 0.15) is 0 Å². The summed E-state index contributed by atoms with van der Waals surface area (Å²) >= 11 is 0. The van der Waals surface area contributed by atoms with E-state index < -0.39 is 0 Å². The molecule has 0 unspecified atom stereocenters. The van der Waals surface area contributed by atoms with Gasteiger partial charge in [0.05, 0.1) is 13.1 Å². The highest BCUT2D eigenvalue weighted by atomic mass is 16.2. The molecule has 3 rings (SSSR count). The molecule has 0 aliphatic carbocycles. The molecule has 2 N–H and O–H groups in total. The largest absolute Gasteiger partial charge is 0.355 e. The van der Waals surface area contributed by atoms with Crippen molar-refractivity contribution < 1.29 is 14.4 Å². The third-order valence-electron chi connectivity index (χ3n) is 5.60. The first-order chi connectivity index (χ1) is 15.6. The highest BCUT2D eigenvalue weighted by molar-refractivity contribution is 5.96. The topological polar surface area (TPSA) is 81.8 Å². The van der Waals surface area contributed by atoms with Crippen molar-refractivity contribution in [3.63, 3.8) is 0 Å². The maximum Gasteiger partial charge on any atom is 0.251 e. The Balaban J connectivity index is 1.39. The van der Waals surface area contributed by atoms with Crippen molar-refractivity contribution in [2.24, 2.45) is 0 Å². The summed E-state index contributed by atoms with van der Waals surface area (Å²) in [4.78, 5) is 40.6. The fourth-order valence-electron chi connectivity index (χ4n) is 3.63. The molecule has 0 atom stereocenters. The molecule has 2 aromatic carbocycles. The Bertz CT molecular complexity index is 891. The molecule has 7 heteroatoms. The van der Waals surface area contributed by atoms with Crippen LogP contribution in [0.3, 0.4) is 0 Å². The Morgan fingerprint density at radius 1 is 0.844 bits per heavy atom. The fourth-order valence-corrected chi connectivity index (χ4v) is 3.63. The summed E-state index contributed by atoms with van der Waals surface area (Å²) in [5, 5.41) is 5.64. The van der Waals surface area contributed by atoms with Gasteiger partial charge in [-0.25, -0.2) is 0 Å². The molecule has 7 nitrogen and oxygen atoms in total. The highest BCUT2D eigenvalue weighted by Gasteiger charge is 2.22. The van der Waals surface area contributed by atoms with Gasteiger partial charge in [0.2, 0.25) is 11.8 Å². The lowest BCUT2D eigenvalue weighted by molar-refractivity contribution is -0.132. The number of carbonyl (C=O) groups excluding carboxylic acids is 3. The first-order valence-electron chi connectivity index (χ1n) is 11.3.